The van der Waals surface area contributed by atoms with Crippen molar-refractivity contribution in [3.63, 3.8) is 0 Å². The maximum Gasteiger partial charge on any atom is 0.227 e. The van der Waals surface area contributed by atoms with Crippen LogP contribution in [0.3, 0.4) is 0 Å². The summed E-state index contributed by atoms with van der Waals surface area (Å²) in [6, 6.07) is 17.7. The van der Waals surface area contributed by atoms with E-state index in [0.29, 0.717) is 5.95 Å². The van der Waals surface area contributed by atoms with E-state index < -0.39 is 0 Å². The third-order valence-electron chi connectivity index (χ3n) is 2.84. The lowest BCUT2D eigenvalue weighted by Crippen LogP contribution is -1.96. The van der Waals surface area contributed by atoms with Crippen molar-refractivity contribution < 1.29 is 0 Å². The average molecular weight is 326 g/mol. The highest BCUT2D eigenvalue weighted by molar-refractivity contribution is 8.76. The Morgan fingerprint density at radius 3 is 2.18 bits per heavy atom. The third-order valence-corrected chi connectivity index (χ3v) is 5.34. The van der Waals surface area contributed by atoms with E-state index >= 15 is 0 Å². The Hall–Kier alpha value is -2.18. The standard InChI is InChI=1S/C16H14N4S2/c17-12-6-1-3-8-14(12)21-22-15-9-4-2-7-13(15)20-16-18-10-5-11-19-16/h1-11H,17H2,(H,18,19,20). The molecule has 0 saturated heterocycles. The minimum absolute atomic E-state index is 0.583. The second kappa shape index (κ2) is 7.20. The third kappa shape index (κ3) is 3.72. The van der Waals surface area contributed by atoms with E-state index in [1.165, 1.54) is 0 Å². The number of benzene rings is 2. The Balaban J connectivity index is 1.75. The second-order valence-corrected chi connectivity index (χ2v) is 6.61. The number of nitrogens with two attached hydrogens (primary N) is 1. The number of nitrogens with zero attached hydrogens (tertiary/aromatic N) is 2. The molecule has 3 N–H and O–H groups in total. The number of aromatic nitrogens is 2. The minimum Gasteiger partial charge on any atom is -0.398 e. The van der Waals surface area contributed by atoms with Crippen molar-refractivity contribution in [2.24, 2.45) is 0 Å². The van der Waals surface area contributed by atoms with Gasteiger partial charge in [-0.25, -0.2) is 9.97 Å². The van der Waals surface area contributed by atoms with Crippen LogP contribution in [-0.2, 0) is 0 Å². The lowest BCUT2D eigenvalue weighted by molar-refractivity contribution is 1.16. The van der Waals surface area contributed by atoms with E-state index in [0.717, 1.165) is 21.2 Å². The lowest BCUT2D eigenvalue weighted by Gasteiger charge is -2.10. The molecule has 0 aliphatic carbocycles. The number of hydrogen-bond donors (Lipinski definition) is 2. The maximum absolute atomic E-state index is 5.98. The highest BCUT2D eigenvalue weighted by Crippen LogP contribution is 2.42. The maximum atomic E-state index is 5.98. The first kappa shape index (κ1) is 14.7. The fraction of sp³-hybridized carbons (Fsp3) is 0. The second-order valence-electron chi connectivity index (χ2n) is 4.40. The number of nitrogen functional groups attached to an aromatic ring is 1. The van der Waals surface area contributed by atoms with Crippen LogP contribution in [-0.4, -0.2) is 9.97 Å². The van der Waals surface area contributed by atoms with Gasteiger partial charge in [0.1, 0.15) is 0 Å². The molecular weight excluding hydrogens is 312 g/mol. The molecule has 110 valence electrons. The van der Waals surface area contributed by atoms with Crippen molar-refractivity contribution >= 4 is 38.9 Å². The summed E-state index contributed by atoms with van der Waals surface area (Å²) in [6.07, 6.45) is 3.43. The molecule has 22 heavy (non-hydrogen) atoms. The summed E-state index contributed by atoms with van der Waals surface area (Å²) in [6.45, 7) is 0. The van der Waals surface area contributed by atoms with Crippen molar-refractivity contribution in [2.75, 3.05) is 11.1 Å². The molecule has 0 fully saturated rings. The molecule has 4 nitrogen and oxygen atoms in total. The highest BCUT2D eigenvalue weighted by atomic mass is 33.1. The molecule has 1 aromatic heterocycles. The minimum atomic E-state index is 0.583. The molecule has 0 spiro atoms. The summed E-state index contributed by atoms with van der Waals surface area (Å²) in [5.41, 5.74) is 7.74. The molecule has 0 saturated carbocycles. The summed E-state index contributed by atoms with van der Waals surface area (Å²) < 4.78 is 0. The molecule has 0 aliphatic rings. The van der Waals surface area contributed by atoms with Crippen LogP contribution in [0.15, 0.2) is 76.8 Å². The molecule has 0 atom stereocenters. The zero-order valence-electron chi connectivity index (χ0n) is 11.6. The first-order valence-electron chi connectivity index (χ1n) is 6.65. The van der Waals surface area contributed by atoms with Crippen LogP contribution in [0.4, 0.5) is 17.3 Å². The number of hydrogen-bond acceptors (Lipinski definition) is 6. The molecule has 0 radical (unpaired) electrons. The van der Waals surface area contributed by atoms with Crippen LogP contribution in [0.1, 0.15) is 0 Å². The van der Waals surface area contributed by atoms with Gasteiger partial charge in [-0.3, -0.25) is 0 Å². The SMILES string of the molecule is Nc1ccccc1SSc1ccccc1Nc1ncccn1. The molecule has 3 aromatic rings. The van der Waals surface area contributed by atoms with E-state index in [2.05, 4.69) is 21.4 Å². The zero-order chi connectivity index (χ0) is 15.2. The van der Waals surface area contributed by atoms with E-state index in [4.69, 9.17) is 5.73 Å². The molecule has 1 heterocycles. The number of rotatable bonds is 5. The average Bonchev–Trinajstić information content (AvgIpc) is 2.56. The first-order chi connectivity index (χ1) is 10.8. The Morgan fingerprint density at radius 2 is 1.41 bits per heavy atom. The zero-order valence-corrected chi connectivity index (χ0v) is 13.3. The largest absolute Gasteiger partial charge is 0.398 e. The normalized spacial score (nSPS) is 10.4. The molecule has 0 bridgehead atoms. The number of anilines is 3. The van der Waals surface area contributed by atoms with Crippen LogP contribution < -0.4 is 11.1 Å². The van der Waals surface area contributed by atoms with E-state index in [1.807, 2.05) is 42.5 Å². The lowest BCUT2D eigenvalue weighted by atomic mass is 10.3. The molecule has 6 heteroatoms. The van der Waals surface area contributed by atoms with E-state index in [1.54, 1.807) is 40.0 Å². The summed E-state index contributed by atoms with van der Waals surface area (Å²) in [4.78, 5) is 10.5. The number of nitrogens with one attached hydrogen (secondary N) is 1. The van der Waals surface area contributed by atoms with Gasteiger partial charge in [0.05, 0.1) is 5.69 Å². The Kier molecular flexibility index (Phi) is 4.82. The van der Waals surface area contributed by atoms with Gasteiger partial charge in [0.25, 0.3) is 0 Å². The van der Waals surface area contributed by atoms with Gasteiger partial charge in [-0.05, 0) is 30.3 Å². The molecular formula is C16H14N4S2. The molecule has 0 amide bonds. The van der Waals surface area contributed by atoms with E-state index in [-0.39, 0.29) is 0 Å². The molecule has 3 rings (SSSR count). The predicted molar refractivity (Wildman–Crippen MR) is 94.3 cm³/mol. The summed E-state index contributed by atoms with van der Waals surface area (Å²) in [5.74, 6) is 0.583. The first-order valence-corrected chi connectivity index (χ1v) is 8.80. The molecule has 0 aliphatic heterocycles. The summed E-state index contributed by atoms with van der Waals surface area (Å²) >= 11 is 0. The van der Waals surface area contributed by atoms with Crippen molar-refractivity contribution in [2.45, 2.75) is 9.79 Å². The van der Waals surface area contributed by atoms with Gasteiger partial charge in [-0.2, -0.15) is 0 Å². The fourth-order valence-electron chi connectivity index (χ4n) is 1.77. The van der Waals surface area contributed by atoms with Crippen molar-refractivity contribution in [1.82, 2.24) is 9.97 Å². The molecule has 0 unspecified atom stereocenters. The van der Waals surface area contributed by atoms with Gasteiger partial charge in [-0.15, -0.1) is 0 Å². The van der Waals surface area contributed by atoms with E-state index in [9.17, 15) is 0 Å². The van der Waals surface area contributed by atoms with Crippen molar-refractivity contribution in [3.8, 4) is 0 Å². The Morgan fingerprint density at radius 1 is 0.773 bits per heavy atom. The number of para-hydroxylation sites is 2. The van der Waals surface area contributed by atoms with Crippen molar-refractivity contribution in [1.29, 1.82) is 0 Å². The van der Waals surface area contributed by atoms with Gasteiger partial charge < -0.3 is 11.1 Å². The quantitative estimate of drug-likeness (QED) is 0.527. The van der Waals surface area contributed by atoms with Crippen molar-refractivity contribution in [3.05, 3.63) is 67.0 Å². The predicted octanol–water partition coefficient (Wildman–Crippen LogP) is 4.60. The van der Waals surface area contributed by atoms with Gasteiger partial charge >= 0.3 is 0 Å². The van der Waals surface area contributed by atoms with Gasteiger partial charge in [0.2, 0.25) is 5.95 Å². The molecule has 2 aromatic carbocycles. The Bertz CT molecular complexity index is 750. The van der Waals surface area contributed by atoms with Crippen LogP contribution in [0.2, 0.25) is 0 Å². The van der Waals surface area contributed by atoms with Crippen LogP contribution in [0.5, 0.6) is 0 Å². The van der Waals surface area contributed by atoms with Gasteiger partial charge in [0, 0.05) is 27.9 Å². The van der Waals surface area contributed by atoms with Gasteiger partial charge in [0.15, 0.2) is 0 Å². The Labute approximate surface area is 137 Å². The van der Waals surface area contributed by atoms with Crippen LogP contribution in [0, 0.1) is 0 Å². The topological polar surface area (TPSA) is 63.8 Å². The summed E-state index contributed by atoms with van der Waals surface area (Å²) in [7, 11) is 3.29. The van der Waals surface area contributed by atoms with Crippen LogP contribution in [0.25, 0.3) is 0 Å². The summed E-state index contributed by atoms with van der Waals surface area (Å²) in [5, 5.41) is 3.24. The highest BCUT2D eigenvalue weighted by Gasteiger charge is 2.06. The van der Waals surface area contributed by atoms with Crippen LogP contribution >= 0.6 is 21.6 Å². The monoisotopic (exact) mass is 326 g/mol. The van der Waals surface area contributed by atoms with Gasteiger partial charge in [-0.1, -0.05) is 45.9 Å². The fourth-order valence-corrected chi connectivity index (χ4v) is 4.02. The smallest absolute Gasteiger partial charge is 0.227 e.